The van der Waals surface area contributed by atoms with Gasteiger partial charge in [0.2, 0.25) is 0 Å². The summed E-state index contributed by atoms with van der Waals surface area (Å²) in [6, 6.07) is 0. The number of benzene rings is 2. The summed E-state index contributed by atoms with van der Waals surface area (Å²) in [4.78, 5) is 12.8. The fourth-order valence-electron chi connectivity index (χ4n) is 2.81. The van der Waals surface area contributed by atoms with E-state index in [4.69, 9.17) is 0 Å². The average Bonchev–Trinajstić information content (AvgIpc) is 2.68. The minimum absolute atomic E-state index is 0.0109. The Bertz CT molecular complexity index is 1050. The highest BCUT2D eigenvalue weighted by molar-refractivity contribution is 14.1. The highest BCUT2D eigenvalue weighted by Gasteiger charge is 2.47. The summed E-state index contributed by atoms with van der Waals surface area (Å²) in [7, 11) is 0. The molecule has 28 heavy (non-hydrogen) atoms. The van der Waals surface area contributed by atoms with Gasteiger partial charge in [0.25, 0.3) is 0 Å². The molecule has 0 saturated carbocycles. The van der Waals surface area contributed by atoms with Gasteiger partial charge in [-0.05, 0) is 90.4 Å². The van der Waals surface area contributed by atoms with Gasteiger partial charge in [-0.2, -0.15) is 0 Å². The van der Waals surface area contributed by atoms with Crippen LogP contribution < -0.4 is 0 Å². The van der Waals surface area contributed by atoms with Crippen LogP contribution in [0.5, 0.6) is 34.5 Å². The van der Waals surface area contributed by atoms with Gasteiger partial charge in [-0.25, -0.2) is 0 Å². The molecule has 0 aliphatic heterocycles. The zero-order chi connectivity index (χ0) is 21.2. The van der Waals surface area contributed by atoms with E-state index < -0.39 is 46.0 Å². The van der Waals surface area contributed by atoms with Crippen LogP contribution in [-0.2, 0) is 4.79 Å². The lowest BCUT2D eigenvalue weighted by molar-refractivity contribution is -0.116. The predicted molar refractivity (Wildman–Crippen MR) is 131 cm³/mol. The second-order valence-corrected chi connectivity index (χ2v) is 10.0. The van der Waals surface area contributed by atoms with Crippen molar-refractivity contribution in [2.45, 2.75) is 5.92 Å². The molecule has 0 fully saturated rings. The van der Waals surface area contributed by atoms with Gasteiger partial charge in [0.1, 0.15) is 46.2 Å². The number of phenols is 6. The number of hydrogen-bond acceptors (Lipinski definition) is 8. The van der Waals surface area contributed by atoms with Gasteiger partial charge in [0.05, 0.1) is 31.0 Å². The topological polar surface area (TPSA) is 159 Å². The van der Waals surface area contributed by atoms with E-state index in [0.717, 1.165) is 0 Å². The van der Waals surface area contributed by atoms with Gasteiger partial charge in [-0.3, -0.25) is 4.79 Å². The van der Waals surface area contributed by atoms with E-state index in [1.54, 1.807) is 90.4 Å². The number of hydrogen-bond donors (Lipinski definition) is 7. The standard InChI is InChI=1S/C16H8I4O8/c17-5-11(23)3(12(24)6(18)15(5)27)1-9(21)2(10(1)22)4-13(25)7(19)16(28)8(20)14(4)26/h1,21,23-28H. The first-order valence-corrected chi connectivity index (χ1v) is 11.5. The van der Waals surface area contributed by atoms with Gasteiger partial charge in [-0.1, -0.05) is 0 Å². The lowest BCUT2D eigenvalue weighted by Gasteiger charge is -2.30. The average molecular weight is 836 g/mol. The number of rotatable bonds is 2. The molecule has 0 radical (unpaired) electrons. The minimum Gasteiger partial charge on any atom is -0.510 e. The van der Waals surface area contributed by atoms with Gasteiger partial charge in [-0.15, -0.1) is 0 Å². The van der Waals surface area contributed by atoms with Crippen LogP contribution in [-0.4, -0.2) is 41.5 Å². The number of Topliss-reactive ketones (excluding diaryl/α,β-unsaturated/α-hetero) is 1. The van der Waals surface area contributed by atoms with Crippen LogP contribution in [0.4, 0.5) is 0 Å². The van der Waals surface area contributed by atoms with E-state index in [-0.39, 0.29) is 36.9 Å². The number of halogens is 4. The summed E-state index contributed by atoms with van der Waals surface area (Å²) in [5, 5.41) is 71.5. The quantitative estimate of drug-likeness (QED) is 0.224. The second-order valence-electron chi connectivity index (χ2n) is 5.69. The molecule has 0 aromatic heterocycles. The molecule has 1 aliphatic carbocycles. The van der Waals surface area contributed by atoms with E-state index in [2.05, 4.69) is 0 Å². The van der Waals surface area contributed by atoms with E-state index in [9.17, 15) is 40.5 Å². The number of aliphatic hydroxyl groups is 1. The van der Waals surface area contributed by atoms with Crippen molar-refractivity contribution < 1.29 is 40.5 Å². The summed E-state index contributed by atoms with van der Waals surface area (Å²) >= 11 is 6.51. The minimum atomic E-state index is -1.44. The van der Waals surface area contributed by atoms with Gasteiger partial charge < -0.3 is 35.7 Å². The Hall–Kier alpha value is -0.630. The number of aromatic hydroxyl groups is 6. The van der Waals surface area contributed by atoms with Gasteiger partial charge >= 0.3 is 0 Å². The Kier molecular flexibility index (Phi) is 5.96. The van der Waals surface area contributed by atoms with Crippen molar-refractivity contribution in [3.63, 3.8) is 0 Å². The molecule has 1 aliphatic rings. The number of carbonyl (C=O) groups is 1. The second kappa shape index (κ2) is 7.56. The highest BCUT2D eigenvalue weighted by atomic mass is 127. The number of allylic oxidation sites excluding steroid dienone is 2. The first-order chi connectivity index (χ1) is 12.9. The lowest BCUT2D eigenvalue weighted by atomic mass is 9.74. The van der Waals surface area contributed by atoms with Crippen molar-refractivity contribution in [2.24, 2.45) is 0 Å². The van der Waals surface area contributed by atoms with E-state index >= 15 is 0 Å². The zero-order valence-corrected chi connectivity index (χ0v) is 21.8. The molecule has 1 atom stereocenters. The van der Waals surface area contributed by atoms with E-state index in [1.165, 1.54) is 0 Å². The molecule has 8 nitrogen and oxygen atoms in total. The maximum absolute atomic E-state index is 12.8. The van der Waals surface area contributed by atoms with E-state index in [1.807, 2.05) is 0 Å². The third kappa shape index (κ3) is 2.96. The lowest BCUT2D eigenvalue weighted by Crippen LogP contribution is -2.29. The number of carbonyl (C=O) groups excluding carboxylic acids is 1. The predicted octanol–water partition coefficient (Wildman–Crippen LogP) is 3.97. The Morgan fingerprint density at radius 3 is 1.29 bits per heavy atom. The first-order valence-electron chi connectivity index (χ1n) is 7.14. The summed E-state index contributed by atoms with van der Waals surface area (Å²) in [5.74, 6) is -5.86. The third-order valence-electron chi connectivity index (χ3n) is 4.22. The molecule has 0 heterocycles. The Labute approximate surface area is 211 Å². The number of aliphatic hydroxyl groups excluding tert-OH is 1. The fraction of sp³-hybridized carbons (Fsp3) is 0.0625. The molecule has 2 aromatic rings. The molecule has 1 unspecified atom stereocenters. The van der Waals surface area contributed by atoms with Crippen molar-refractivity contribution in [1.29, 1.82) is 0 Å². The molecule has 2 aromatic carbocycles. The summed E-state index contributed by atoms with van der Waals surface area (Å²) < 4.78 is -0.0666. The van der Waals surface area contributed by atoms with Crippen LogP contribution in [0.1, 0.15) is 17.0 Å². The van der Waals surface area contributed by atoms with Crippen molar-refractivity contribution in [1.82, 2.24) is 0 Å². The van der Waals surface area contributed by atoms with Crippen LogP contribution in [0, 0.1) is 14.3 Å². The van der Waals surface area contributed by atoms with E-state index in [0.29, 0.717) is 0 Å². The smallest absolute Gasteiger partial charge is 0.182 e. The van der Waals surface area contributed by atoms with Gasteiger partial charge in [0.15, 0.2) is 5.78 Å². The molecule has 12 heteroatoms. The molecular weight excluding hydrogens is 828 g/mol. The van der Waals surface area contributed by atoms with Crippen molar-refractivity contribution in [2.75, 3.05) is 0 Å². The normalized spacial score (nSPS) is 16.4. The maximum atomic E-state index is 12.8. The monoisotopic (exact) mass is 836 g/mol. The highest BCUT2D eigenvalue weighted by Crippen LogP contribution is 2.56. The molecule has 3 rings (SSSR count). The van der Waals surface area contributed by atoms with Crippen molar-refractivity contribution >= 4 is 102 Å². The number of ketones is 1. The molecular formula is C16H8I4O8. The van der Waals surface area contributed by atoms with Crippen molar-refractivity contribution in [3.8, 4) is 34.5 Å². The summed E-state index contributed by atoms with van der Waals surface area (Å²) in [6.45, 7) is 0. The molecule has 148 valence electrons. The molecule has 0 spiro atoms. The Morgan fingerprint density at radius 2 is 0.929 bits per heavy atom. The molecule has 0 amide bonds. The maximum Gasteiger partial charge on any atom is 0.182 e. The molecule has 7 N–H and O–H groups in total. The Morgan fingerprint density at radius 1 is 0.571 bits per heavy atom. The van der Waals surface area contributed by atoms with Crippen LogP contribution in [0.15, 0.2) is 5.76 Å². The number of phenolic OH excluding ortho intramolecular Hbond substituents is 6. The molecule has 0 saturated heterocycles. The van der Waals surface area contributed by atoms with Crippen LogP contribution in [0.3, 0.4) is 0 Å². The third-order valence-corrected chi connectivity index (χ3v) is 8.31. The van der Waals surface area contributed by atoms with Crippen LogP contribution >= 0.6 is 90.4 Å². The largest absolute Gasteiger partial charge is 0.510 e. The first kappa shape index (κ1) is 22.1. The van der Waals surface area contributed by atoms with Crippen LogP contribution in [0.2, 0.25) is 0 Å². The summed E-state index contributed by atoms with van der Waals surface area (Å²) in [6.07, 6.45) is 0. The van der Waals surface area contributed by atoms with Crippen LogP contribution in [0.25, 0.3) is 5.57 Å². The zero-order valence-electron chi connectivity index (χ0n) is 13.1. The fourth-order valence-corrected chi connectivity index (χ4v) is 6.04. The van der Waals surface area contributed by atoms with Crippen molar-refractivity contribution in [3.05, 3.63) is 31.2 Å². The SMILES string of the molecule is O=C1C(c2c(O)c(I)c(O)c(I)c2O)=C(O)C1c1c(O)c(I)c(O)c(I)c1O. The summed E-state index contributed by atoms with van der Waals surface area (Å²) in [5.41, 5.74) is -1.04. The van der Waals surface area contributed by atoms with Gasteiger partial charge in [0, 0.05) is 0 Å². The Balaban J connectivity index is 2.27. The molecule has 0 bridgehead atoms.